The van der Waals surface area contributed by atoms with Gasteiger partial charge in [0.1, 0.15) is 11.5 Å². The lowest BCUT2D eigenvalue weighted by Crippen LogP contribution is -2.38. The maximum absolute atomic E-state index is 12.7. The van der Waals surface area contributed by atoms with E-state index in [-0.39, 0.29) is 30.2 Å². The van der Waals surface area contributed by atoms with Crippen LogP contribution in [0.5, 0.6) is 11.5 Å². The van der Waals surface area contributed by atoms with Crippen molar-refractivity contribution in [1.29, 1.82) is 0 Å². The Kier molecular flexibility index (Phi) is 6.75. The first kappa shape index (κ1) is 20.7. The second-order valence-corrected chi connectivity index (χ2v) is 7.38. The standard InChI is InChI=1S/C23H28N2O4/c1-16(9-10-17-7-5-4-6-8-17)24-23(27)18-13-22(26)25(15-18)20-14-19(28-2)11-12-21(20)29-3/h4-8,11-12,14,16,18H,9-10,13,15H2,1-3H3,(H,24,27)/t16-,18+/m1/s1. The number of hydrogen-bond acceptors (Lipinski definition) is 4. The molecule has 1 aliphatic rings. The van der Waals surface area contributed by atoms with Gasteiger partial charge in [-0.1, -0.05) is 30.3 Å². The monoisotopic (exact) mass is 396 g/mol. The third-order valence-electron chi connectivity index (χ3n) is 5.27. The van der Waals surface area contributed by atoms with Gasteiger partial charge >= 0.3 is 0 Å². The molecule has 29 heavy (non-hydrogen) atoms. The van der Waals surface area contributed by atoms with Gasteiger partial charge in [-0.05, 0) is 37.5 Å². The SMILES string of the molecule is COc1ccc(OC)c(N2C[C@@H](C(=O)N[C@H](C)CCc3ccccc3)CC2=O)c1. The van der Waals surface area contributed by atoms with E-state index < -0.39 is 0 Å². The first-order valence-corrected chi connectivity index (χ1v) is 9.88. The molecular weight excluding hydrogens is 368 g/mol. The van der Waals surface area contributed by atoms with Crippen molar-refractivity contribution in [2.75, 3.05) is 25.7 Å². The molecule has 1 aliphatic heterocycles. The molecule has 6 nitrogen and oxygen atoms in total. The Balaban J connectivity index is 1.60. The number of methoxy groups -OCH3 is 2. The third-order valence-corrected chi connectivity index (χ3v) is 5.27. The van der Waals surface area contributed by atoms with Crippen LogP contribution in [0.4, 0.5) is 5.69 Å². The molecule has 0 saturated carbocycles. The number of carbonyl (C=O) groups excluding carboxylic acids is 2. The maximum atomic E-state index is 12.7. The van der Waals surface area contributed by atoms with Crippen molar-refractivity contribution >= 4 is 17.5 Å². The van der Waals surface area contributed by atoms with Gasteiger partial charge in [0.05, 0.1) is 25.8 Å². The van der Waals surface area contributed by atoms with Crippen LogP contribution < -0.4 is 19.7 Å². The number of carbonyl (C=O) groups is 2. The average molecular weight is 396 g/mol. The van der Waals surface area contributed by atoms with Gasteiger partial charge in [-0.2, -0.15) is 0 Å². The minimum Gasteiger partial charge on any atom is -0.497 e. The Morgan fingerprint density at radius 2 is 1.93 bits per heavy atom. The Morgan fingerprint density at radius 1 is 1.17 bits per heavy atom. The van der Waals surface area contributed by atoms with E-state index in [0.29, 0.717) is 23.7 Å². The smallest absolute Gasteiger partial charge is 0.227 e. The lowest BCUT2D eigenvalue weighted by molar-refractivity contribution is -0.126. The van der Waals surface area contributed by atoms with E-state index in [0.717, 1.165) is 12.8 Å². The Labute approximate surface area is 171 Å². The van der Waals surface area contributed by atoms with Gasteiger partial charge in [-0.15, -0.1) is 0 Å². The predicted molar refractivity (Wildman–Crippen MR) is 112 cm³/mol. The van der Waals surface area contributed by atoms with Crippen molar-refractivity contribution in [3.8, 4) is 11.5 Å². The summed E-state index contributed by atoms with van der Waals surface area (Å²) >= 11 is 0. The fourth-order valence-corrected chi connectivity index (χ4v) is 3.58. The number of nitrogens with one attached hydrogen (secondary N) is 1. The van der Waals surface area contributed by atoms with Gasteiger partial charge in [-0.3, -0.25) is 9.59 Å². The molecule has 0 unspecified atom stereocenters. The van der Waals surface area contributed by atoms with Crippen LogP contribution in [0.2, 0.25) is 0 Å². The molecule has 0 aromatic heterocycles. The molecule has 2 aromatic carbocycles. The number of benzene rings is 2. The zero-order valence-electron chi connectivity index (χ0n) is 17.2. The molecule has 2 aromatic rings. The summed E-state index contributed by atoms with van der Waals surface area (Å²) in [5.74, 6) is 0.668. The lowest BCUT2D eigenvalue weighted by Gasteiger charge is -2.21. The van der Waals surface area contributed by atoms with E-state index in [4.69, 9.17) is 9.47 Å². The van der Waals surface area contributed by atoms with Crippen LogP contribution in [0.3, 0.4) is 0 Å². The molecule has 6 heteroatoms. The molecule has 0 bridgehead atoms. The largest absolute Gasteiger partial charge is 0.497 e. The molecule has 1 saturated heterocycles. The van der Waals surface area contributed by atoms with Crippen LogP contribution >= 0.6 is 0 Å². The molecular formula is C23H28N2O4. The molecule has 154 valence electrons. The second-order valence-electron chi connectivity index (χ2n) is 7.38. The highest BCUT2D eigenvalue weighted by molar-refractivity contribution is 6.01. The van der Waals surface area contributed by atoms with Gasteiger partial charge in [-0.25, -0.2) is 0 Å². The number of aryl methyl sites for hydroxylation is 1. The van der Waals surface area contributed by atoms with Crippen LogP contribution in [0.25, 0.3) is 0 Å². The Hall–Kier alpha value is -3.02. The number of rotatable bonds is 8. The van der Waals surface area contributed by atoms with E-state index in [1.165, 1.54) is 5.56 Å². The first-order chi connectivity index (χ1) is 14.0. The number of ether oxygens (including phenoxy) is 2. The van der Waals surface area contributed by atoms with Crippen molar-refractivity contribution in [3.63, 3.8) is 0 Å². The van der Waals surface area contributed by atoms with Crippen molar-refractivity contribution in [3.05, 3.63) is 54.1 Å². The highest BCUT2D eigenvalue weighted by Gasteiger charge is 2.36. The molecule has 0 radical (unpaired) electrons. The minimum atomic E-state index is -0.377. The van der Waals surface area contributed by atoms with Crippen molar-refractivity contribution < 1.29 is 19.1 Å². The van der Waals surface area contributed by atoms with Gasteiger partial charge in [0.25, 0.3) is 0 Å². The van der Waals surface area contributed by atoms with Gasteiger partial charge in [0.2, 0.25) is 11.8 Å². The van der Waals surface area contributed by atoms with Crippen LogP contribution in [-0.2, 0) is 16.0 Å². The molecule has 2 amide bonds. The van der Waals surface area contributed by atoms with E-state index in [1.54, 1.807) is 37.3 Å². The topological polar surface area (TPSA) is 67.9 Å². The molecule has 0 spiro atoms. The van der Waals surface area contributed by atoms with E-state index in [1.807, 2.05) is 25.1 Å². The summed E-state index contributed by atoms with van der Waals surface area (Å²) in [6, 6.07) is 15.6. The van der Waals surface area contributed by atoms with Crippen molar-refractivity contribution in [1.82, 2.24) is 5.32 Å². The minimum absolute atomic E-state index is 0.0400. The van der Waals surface area contributed by atoms with E-state index >= 15 is 0 Å². The summed E-state index contributed by atoms with van der Waals surface area (Å²) in [6.07, 6.45) is 1.94. The number of amides is 2. The van der Waals surface area contributed by atoms with Gasteiger partial charge in [0, 0.05) is 25.1 Å². The predicted octanol–water partition coefficient (Wildman–Crippen LogP) is 3.19. The quantitative estimate of drug-likeness (QED) is 0.744. The third kappa shape index (κ3) is 5.08. The lowest BCUT2D eigenvalue weighted by atomic mass is 10.0. The normalized spacial score (nSPS) is 17.1. The van der Waals surface area contributed by atoms with Crippen molar-refractivity contribution in [2.45, 2.75) is 32.2 Å². The first-order valence-electron chi connectivity index (χ1n) is 9.88. The molecule has 2 atom stereocenters. The highest BCUT2D eigenvalue weighted by atomic mass is 16.5. The van der Waals surface area contributed by atoms with Crippen LogP contribution in [0.15, 0.2) is 48.5 Å². The van der Waals surface area contributed by atoms with Crippen LogP contribution in [-0.4, -0.2) is 38.6 Å². The summed E-state index contributed by atoms with van der Waals surface area (Å²) in [5.41, 5.74) is 1.88. The number of hydrogen-bond donors (Lipinski definition) is 1. The van der Waals surface area contributed by atoms with Crippen LogP contribution in [0.1, 0.15) is 25.3 Å². The molecule has 1 fully saturated rings. The van der Waals surface area contributed by atoms with Crippen LogP contribution in [0, 0.1) is 5.92 Å². The molecule has 1 heterocycles. The fraction of sp³-hybridized carbons (Fsp3) is 0.391. The van der Waals surface area contributed by atoms with Crippen molar-refractivity contribution in [2.24, 2.45) is 5.92 Å². The van der Waals surface area contributed by atoms with E-state index in [2.05, 4.69) is 17.4 Å². The molecule has 0 aliphatic carbocycles. The Bertz CT molecular complexity index is 853. The summed E-state index contributed by atoms with van der Waals surface area (Å²) in [5, 5.41) is 3.06. The number of anilines is 1. The summed E-state index contributed by atoms with van der Waals surface area (Å²) < 4.78 is 10.7. The number of nitrogens with zero attached hydrogens (tertiary/aromatic N) is 1. The highest BCUT2D eigenvalue weighted by Crippen LogP contribution is 2.36. The van der Waals surface area contributed by atoms with Gasteiger partial charge < -0.3 is 19.7 Å². The average Bonchev–Trinajstić information content (AvgIpc) is 3.14. The van der Waals surface area contributed by atoms with Gasteiger partial charge in [0.15, 0.2) is 0 Å². The fourth-order valence-electron chi connectivity index (χ4n) is 3.58. The Morgan fingerprint density at radius 3 is 2.62 bits per heavy atom. The molecule has 1 N–H and O–H groups in total. The summed E-state index contributed by atoms with van der Waals surface area (Å²) in [4.78, 5) is 26.9. The zero-order chi connectivity index (χ0) is 20.8. The maximum Gasteiger partial charge on any atom is 0.227 e. The van der Waals surface area contributed by atoms with E-state index in [9.17, 15) is 9.59 Å². The summed E-state index contributed by atoms with van der Waals surface area (Å²) in [6.45, 7) is 2.33. The zero-order valence-corrected chi connectivity index (χ0v) is 17.2. The summed E-state index contributed by atoms with van der Waals surface area (Å²) in [7, 11) is 3.13. The second kappa shape index (κ2) is 9.45. The molecule has 3 rings (SSSR count).